The number of pyridine rings is 1. The van der Waals surface area contributed by atoms with Gasteiger partial charge in [0.2, 0.25) is 0 Å². The Morgan fingerprint density at radius 1 is 1.23 bits per heavy atom. The number of nitrogens with one attached hydrogen (secondary N) is 1. The predicted molar refractivity (Wildman–Crippen MR) is 100 cm³/mol. The van der Waals surface area contributed by atoms with Crippen molar-refractivity contribution in [3.8, 4) is 11.1 Å². The summed E-state index contributed by atoms with van der Waals surface area (Å²) in [6.45, 7) is 0. The number of hydrogen-bond donors (Lipinski definition) is 2. The smallest absolute Gasteiger partial charge is 0.263 e. The van der Waals surface area contributed by atoms with Gasteiger partial charge in [0.15, 0.2) is 0 Å². The highest BCUT2D eigenvalue weighted by atomic mass is 32.2. The van der Waals surface area contributed by atoms with E-state index in [0.29, 0.717) is 31.5 Å². The van der Waals surface area contributed by atoms with Crippen molar-refractivity contribution in [2.45, 2.75) is 0 Å². The molecule has 0 unspecified atom stereocenters. The Morgan fingerprint density at radius 2 is 1.96 bits per heavy atom. The minimum Gasteiger partial charge on any atom is -0.456 e. The topological polar surface area (TPSA) is 81.1 Å². The Labute approximate surface area is 155 Å². The van der Waals surface area contributed by atoms with Crippen molar-refractivity contribution in [1.29, 1.82) is 0 Å². The molecular weight excluding hydrogens is 380 g/mol. The van der Waals surface area contributed by atoms with Gasteiger partial charge in [-0.2, -0.15) is 0 Å². The van der Waals surface area contributed by atoms with E-state index in [4.69, 9.17) is 22.4 Å². The van der Waals surface area contributed by atoms with Gasteiger partial charge in [0, 0.05) is 29.4 Å². The van der Waals surface area contributed by atoms with Crippen LogP contribution in [0.5, 0.6) is 0 Å². The summed E-state index contributed by atoms with van der Waals surface area (Å²) in [5, 5.41) is 3.14. The van der Waals surface area contributed by atoms with Gasteiger partial charge in [-0.1, -0.05) is 24.0 Å². The fraction of sp³-hybridized carbons (Fsp3) is 0. The molecule has 3 heterocycles. The molecule has 1 saturated heterocycles. The molecule has 3 N–H and O–H groups in total. The minimum atomic E-state index is -0.863. The molecule has 0 bridgehead atoms. The molecule has 3 aromatic rings. The fourth-order valence-corrected chi connectivity index (χ4v) is 3.57. The molecular formula is C17H9F2N3O2S2. The first-order valence-electron chi connectivity index (χ1n) is 7.29. The Morgan fingerprint density at radius 3 is 2.62 bits per heavy atom. The van der Waals surface area contributed by atoms with Crippen LogP contribution in [0.15, 0.2) is 39.9 Å². The molecule has 0 radical (unpaired) electrons. The van der Waals surface area contributed by atoms with Crippen molar-refractivity contribution >= 4 is 56.9 Å². The van der Waals surface area contributed by atoms with Crippen LogP contribution in [0, 0.1) is 11.6 Å². The largest absolute Gasteiger partial charge is 0.456 e. The lowest BCUT2D eigenvalue weighted by Gasteiger charge is -2.05. The minimum absolute atomic E-state index is 0.245. The summed E-state index contributed by atoms with van der Waals surface area (Å²) in [5.74, 6) is -1.63. The predicted octanol–water partition coefficient (Wildman–Crippen LogP) is 3.84. The molecule has 4 rings (SSSR count). The van der Waals surface area contributed by atoms with Gasteiger partial charge in [0.1, 0.15) is 33.0 Å². The molecule has 1 aliphatic heterocycles. The molecule has 5 nitrogen and oxygen atoms in total. The number of carbonyl (C=O) groups excluding carboxylic acids is 1. The van der Waals surface area contributed by atoms with Gasteiger partial charge >= 0.3 is 0 Å². The fourth-order valence-electron chi connectivity index (χ4n) is 2.55. The van der Waals surface area contributed by atoms with Crippen LogP contribution in [0.1, 0.15) is 5.76 Å². The van der Waals surface area contributed by atoms with Crippen molar-refractivity contribution < 1.29 is 18.0 Å². The maximum absolute atomic E-state index is 13.8. The number of nitrogens with two attached hydrogens (primary N) is 1. The Bertz CT molecular complexity index is 1100. The first kappa shape index (κ1) is 16.7. The van der Waals surface area contributed by atoms with E-state index in [1.165, 1.54) is 6.20 Å². The van der Waals surface area contributed by atoms with Crippen LogP contribution in [-0.2, 0) is 4.79 Å². The second-order valence-electron chi connectivity index (χ2n) is 5.46. The zero-order valence-corrected chi connectivity index (χ0v) is 14.5. The lowest BCUT2D eigenvalue weighted by atomic mass is 10.1. The third-order valence-electron chi connectivity index (χ3n) is 3.75. The van der Waals surface area contributed by atoms with E-state index in [1.54, 1.807) is 18.3 Å². The van der Waals surface area contributed by atoms with E-state index in [0.717, 1.165) is 23.9 Å². The third kappa shape index (κ3) is 2.85. The quantitative estimate of drug-likeness (QED) is 0.394. The summed E-state index contributed by atoms with van der Waals surface area (Å²) >= 11 is 6.07. The van der Waals surface area contributed by atoms with Crippen LogP contribution in [0.2, 0.25) is 0 Å². The van der Waals surface area contributed by atoms with Crippen LogP contribution in [0.25, 0.3) is 28.2 Å². The van der Waals surface area contributed by atoms with E-state index in [1.807, 2.05) is 0 Å². The van der Waals surface area contributed by atoms with Gasteiger partial charge in [-0.05, 0) is 23.8 Å². The molecule has 1 fully saturated rings. The molecule has 26 heavy (non-hydrogen) atoms. The number of anilines is 1. The molecule has 1 amide bonds. The number of fused-ring (bicyclic) bond motifs is 1. The number of carbonyl (C=O) groups is 1. The maximum atomic E-state index is 13.8. The molecule has 0 atom stereocenters. The first-order chi connectivity index (χ1) is 12.4. The van der Waals surface area contributed by atoms with Crippen LogP contribution < -0.4 is 11.1 Å². The number of nitrogens with zero attached hydrogens (tertiary/aromatic N) is 1. The number of benzene rings is 1. The van der Waals surface area contributed by atoms with Gasteiger partial charge in [-0.3, -0.25) is 9.78 Å². The van der Waals surface area contributed by atoms with E-state index in [2.05, 4.69) is 10.3 Å². The van der Waals surface area contributed by atoms with E-state index >= 15 is 0 Å². The Hall–Kier alpha value is -2.78. The summed E-state index contributed by atoms with van der Waals surface area (Å²) in [6.07, 6.45) is 4.55. The second kappa shape index (κ2) is 6.19. The van der Waals surface area contributed by atoms with Gasteiger partial charge in [0.25, 0.3) is 5.91 Å². The van der Waals surface area contributed by atoms with Gasteiger partial charge < -0.3 is 15.5 Å². The summed E-state index contributed by atoms with van der Waals surface area (Å²) in [5.41, 5.74) is 5.81. The molecule has 1 aliphatic rings. The number of amides is 1. The van der Waals surface area contributed by atoms with Crippen LogP contribution >= 0.6 is 24.0 Å². The highest BCUT2D eigenvalue weighted by Gasteiger charge is 2.23. The lowest BCUT2D eigenvalue weighted by molar-refractivity contribution is -0.115. The monoisotopic (exact) mass is 389 g/mol. The average Bonchev–Trinajstić information content (AvgIpc) is 3.14. The number of thioether (sulfide) groups is 1. The summed E-state index contributed by atoms with van der Waals surface area (Å²) in [6, 6.07) is 3.92. The Kier molecular flexibility index (Phi) is 3.97. The maximum Gasteiger partial charge on any atom is 0.263 e. The standard InChI is InChI=1S/C17H9F2N3O2S2/c18-11-2-7(3-12(19)14(11)20)10-6-21-5-8-1-9(24-15(8)10)4-13-16(23)22-17(25)26-13/h1-6H,20H2,(H,22,23,25). The van der Waals surface area contributed by atoms with Crippen molar-refractivity contribution in [3.05, 3.63) is 52.9 Å². The highest BCUT2D eigenvalue weighted by molar-refractivity contribution is 8.26. The van der Waals surface area contributed by atoms with Crippen molar-refractivity contribution in [2.75, 3.05) is 5.73 Å². The van der Waals surface area contributed by atoms with Crippen LogP contribution in [0.3, 0.4) is 0 Å². The van der Waals surface area contributed by atoms with Crippen LogP contribution in [-0.4, -0.2) is 15.2 Å². The number of rotatable bonds is 2. The zero-order valence-electron chi connectivity index (χ0n) is 12.9. The highest BCUT2D eigenvalue weighted by Crippen LogP contribution is 2.34. The average molecular weight is 389 g/mol. The van der Waals surface area contributed by atoms with E-state index in [9.17, 15) is 13.6 Å². The molecule has 130 valence electrons. The second-order valence-corrected chi connectivity index (χ2v) is 7.18. The lowest BCUT2D eigenvalue weighted by Crippen LogP contribution is -2.17. The molecule has 9 heteroatoms. The summed E-state index contributed by atoms with van der Waals surface area (Å²) < 4.78 is 33.7. The van der Waals surface area contributed by atoms with Crippen molar-refractivity contribution in [1.82, 2.24) is 10.3 Å². The normalized spacial score (nSPS) is 15.8. The number of halogens is 2. The molecule has 0 saturated carbocycles. The van der Waals surface area contributed by atoms with Crippen molar-refractivity contribution in [3.63, 3.8) is 0 Å². The Balaban J connectivity index is 1.83. The number of aromatic nitrogens is 1. The number of nitrogen functional groups attached to an aromatic ring is 1. The third-order valence-corrected chi connectivity index (χ3v) is 4.91. The van der Waals surface area contributed by atoms with E-state index < -0.39 is 17.3 Å². The molecule has 0 aliphatic carbocycles. The number of furan rings is 1. The molecule has 0 spiro atoms. The molecule has 1 aromatic carbocycles. The van der Waals surface area contributed by atoms with Gasteiger partial charge in [-0.15, -0.1) is 0 Å². The van der Waals surface area contributed by atoms with Gasteiger partial charge in [-0.25, -0.2) is 8.78 Å². The number of hydrogen-bond acceptors (Lipinski definition) is 6. The van der Waals surface area contributed by atoms with E-state index in [-0.39, 0.29) is 11.5 Å². The van der Waals surface area contributed by atoms with Crippen LogP contribution in [0.4, 0.5) is 14.5 Å². The van der Waals surface area contributed by atoms with Gasteiger partial charge in [0.05, 0.1) is 4.91 Å². The molecule has 2 aromatic heterocycles. The zero-order chi connectivity index (χ0) is 18.4. The first-order valence-corrected chi connectivity index (χ1v) is 8.52. The SMILES string of the molecule is Nc1c(F)cc(-c2cncc3cc(C=C4SC(=S)NC4=O)oc23)cc1F. The van der Waals surface area contributed by atoms with Crippen molar-refractivity contribution in [2.24, 2.45) is 0 Å². The summed E-state index contributed by atoms with van der Waals surface area (Å²) in [7, 11) is 0. The summed E-state index contributed by atoms with van der Waals surface area (Å²) in [4.78, 5) is 16.2. The number of thiocarbonyl (C=S) groups is 1.